The number of nitrogens with two attached hydrogens (primary N) is 1. The van der Waals surface area contributed by atoms with E-state index in [1.54, 1.807) is 0 Å². The highest BCUT2D eigenvalue weighted by Crippen LogP contribution is 2.19. The number of hydrogen-bond donors (Lipinski definition) is 1. The molecule has 1 fully saturated rings. The zero-order valence-corrected chi connectivity index (χ0v) is 9.93. The number of carbonyl (C=O) groups is 1. The SMILES string of the molecule is CN1CCCN(C(=O)C2C=CC(N)C2)CC1. The third kappa shape index (κ3) is 2.62. The van der Waals surface area contributed by atoms with Crippen molar-refractivity contribution in [1.29, 1.82) is 0 Å². The molecule has 1 aliphatic carbocycles. The van der Waals surface area contributed by atoms with Crippen LogP contribution in [0.5, 0.6) is 0 Å². The molecule has 1 saturated heterocycles. The number of hydrogen-bond acceptors (Lipinski definition) is 3. The monoisotopic (exact) mass is 223 g/mol. The van der Waals surface area contributed by atoms with Gasteiger partial charge in [0.2, 0.25) is 5.91 Å². The lowest BCUT2D eigenvalue weighted by Crippen LogP contribution is -2.38. The second-order valence-electron chi connectivity index (χ2n) is 4.87. The molecule has 90 valence electrons. The van der Waals surface area contributed by atoms with Crippen molar-refractivity contribution >= 4 is 5.91 Å². The summed E-state index contributed by atoms with van der Waals surface area (Å²) in [4.78, 5) is 16.5. The predicted octanol–water partition coefficient (Wildman–Crippen LogP) is 0.0539. The second kappa shape index (κ2) is 4.97. The highest BCUT2D eigenvalue weighted by molar-refractivity contribution is 5.81. The molecule has 4 heteroatoms. The van der Waals surface area contributed by atoms with Gasteiger partial charge in [0.15, 0.2) is 0 Å². The lowest BCUT2D eigenvalue weighted by atomic mass is 10.1. The highest BCUT2D eigenvalue weighted by Gasteiger charge is 2.27. The molecule has 0 aromatic rings. The van der Waals surface area contributed by atoms with Gasteiger partial charge in [-0.25, -0.2) is 0 Å². The first-order valence-electron chi connectivity index (χ1n) is 6.08. The van der Waals surface area contributed by atoms with E-state index in [1.165, 1.54) is 0 Å². The third-order valence-electron chi connectivity index (χ3n) is 3.47. The van der Waals surface area contributed by atoms with Crippen molar-refractivity contribution in [2.45, 2.75) is 18.9 Å². The molecule has 2 rings (SSSR count). The minimum Gasteiger partial charge on any atom is -0.341 e. The predicted molar refractivity (Wildman–Crippen MR) is 63.9 cm³/mol. The Morgan fingerprint density at radius 3 is 2.75 bits per heavy atom. The fourth-order valence-electron chi connectivity index (χ4n) is 2.41. The van der Waals surface area contributed by atoms with Gasteiger partial charge in [0.1, 0.15) is 0 Å². The molecule has 1 amide bonds. The van der Waals surface area contributed by atoms with Gasteiger partial charge in [0.25, 0.3) is 0 Å². The van der Waals surface area contributed by atoms with Gasteiger partial charge in [0.05, 0.1) is 5.92 Å². The van der Waals surface area contributed by atoms with Gasteiger partial charge >= 0.3 is 0 Å². The van der Waals surface area contributed by atoms with Gasteiger partial charge in [-0.05, 0) is 26.4 Å². The van der Waals surface area contributed by atoms with Gasteiger partial charge in [-0.15, -0.1) is 0 Å². The molecule has 2 aliphatic rings. The number of likely N-dealkylation sites (N-methyl/N-ethyl adjacent to an activating group) is 1. The Kier molecular flexibility index (Phi) is 3.61. The van der Waals surface area contributed by atoms with E-state index in [4.69, 9.17) is 5.73 Å². The molecule has 0 bridgehead atoms. The molecule has 2 unspecified atom stereocenters. The number of amides is 1. The highest BCUT2D eigenvalue weighted by atomic mass is 16.2. The van der Waals surface area contributed by atoms with Gasteiger partial charge in [-0.3, -0.25) is 4.79 Å². The Balaban J connectivity index is 1.91. The molecule has 4 nitrogen and oxygen atoms in total. The lowest BCUT2D eigenvalue weighted by Gasteiger charge is -2.23. The van der Waals surface area contributed by atoms with Gasteiger partial charge in [-0.2, -0.15) is 0 Å². The van der Waals surface area contributed by atoms with E-state index in [9.17, 15) is 4.79 Å². The Morgan fingerprint density at radius 2 is 2.06 bits per heavy atom. The van der Waals surface area contributed by atoms with Crippen molar-refractivity contribution in [3.8, 4) is 0 Å². The van der Waals surface area contributed by atoms with Crippen molar-refractivity contribution in [2.75, 3.05) is 33.2 Å². The summed E-state index contributed by atoms with van der Waals surface area (Å²) < 4.78 is 0. The summed E-state index contributed by atoms with van der Waals surface area (Å²) >= 11 is 0. The first-order valence-corrected chi connectivity index (χ1v) is 6.08. The maximum absolute atomic E-state index is 12.2. The summed E-state index contributed by atoms with van der Waals surface area (Å²) in [6.07, 6.45) is 5.78. The molecule has 2 atom stereocenters. The van der Waals surface area contributed by atoms with Crippen LogP contribution in [0, 0.1) is 5.92 Å². The summed E-state index contributed by atoms with van der Waals surface area (Å²) in [5.74, 6) is 0.290. The van der Waals surface area contributed by atoms with Crippen molar-refractivity contribution in [3.05, 3.63) is 12.2 Å². The van der Waals surface area contributed by atoms with Crippen LogP contribution in [0.15, 0.2) is 12.2 Å². The zero-order valence-electron chi connectivity index (χ0n) is 9.93. The van der Waals surface area contributed by atoms with Crippen LogP contribution >= 0.6 is 0 Å². The molecule has 0 aromatic carbocycles. The van der Waals surface area contributed by atoms with E-state index in [1.807, 2.05) is 17.1 Å². The van der Waals surface area contributed by atoms with Gasteiger partial charge in [0, 0.05) is 25.7 Å². The minimum atomic E-state index is 0.0263. The number of rotatable bonds is 1. The molecule has 2 N–H and O–H groups in total. The molecular formula is C12H21N3O. The fourth-order valence-corrected chi connectivity index (χ4v) is 2.41. The van der Waals surface area contributed by atoms with E-state index in [2.05, 4.69) is 11.9 Å². The molecule has 0 aromatic heterocycles. The molecule has 1 heterocycles. The van der Waals surface area contributed by atoms with Crippen molar-refractivity contribution < 1.29 is 4.79 Å². The smallest absolute Gasteiger partial charge is 0.229 e. The van der Waals surface area contributed by atoms with E-state index >= 15 is 0 Å². The Morgan fingerprint density at radius 1 is 1.25 bits per heavy atom. The first-order chi connectivity index (χ1) is 7.66. The average Bonchev–Trinajstić information content (AvgIpc) is 2.57. The molecule has 16 heavy (non-hydrogen) atoms. The van der Waals surface area contributed by atoms with Crippen LogP contribution in [0.4, 0.5) is 0 Å². The van der Waals surface area contributed by atoms with Crippen LogP contribution in [0.25, 0.3) is 0 Å². The minimum absolute atomic E-state index is 0.0263. The second-order valence-corrected chi connectivity index (χ2v) is 4.87. The van der Waals surface area contributed by atoms with Crippen LogP contribution in [0.3, 0.4) is 0 Å². The standard InChI is InChI=1S/C12H21N3O/c1-14-5-2-6-15(8-7-14)12(16)10-3-4-11(13)9-10/h3-4,10-11H,2,5-9,13H2,1H3. The summed E-state index contributed by atoms with van der Waals surface area (Å²) in [6, 6.07) is 0.0728. The van der Waals surface area contributed by atoms with Crippen LogP contribution in [0.1, 0.15) is 12.8 Å². The van der Waals surface area contributed by atoms with E-state index in [0.717, 1.165) is 39.0 Å². The summed E-state index contributed by atoms with van der Waals surface area (Å²) in [7, 11) is 2.11. The van der Waals surface area contributed by atoms with Gasteiger partial charge < -0.3 is 15.5 Å². The average molecular weight is 223 g/mol. The third-order valence-corrected chi connectivity index (χ3v) is 3.47. The first kappa shape index (κ1) is 11.6. The van der Waals surface area contributed by atoms with Crippen molar-refractivity contribution in [1.82, 2.24) is 9.80 Å². The molecular weight excluding hydrogens is 202 g/mol. The fraction of sp³-hybridized carbons (Fsp3) is 0.750. The van der Waals surface area contributed by atoms with E-state index < -0.39 is 0 Å². The van der Waals surface area contributed by atoms with Crippen LogP contribution < -0.4 is 5.73 Å². The van der Waals surface area contributed by atoms with Crippen LogP contribution in [0.2, 0.25) is 0 Å². The Bertz CT molecular complexity index is 290. The summed E-state index contributed by atoms with van der Waals surface area (Å²) in [5, 5.41) is 0. The molecule has 1 aliphatic heterocycles. The Hall–Kier alpha value is -0.870. The van der Waals surface area contributed by atoms with Crippen LogP contribution in [-0.4, -0.2) is 55.0 Å². The lowest BCUT2D eigenvalue weighted by molar-refractivity contribution is -0.133. The summed E-state index contributed by atoms with van der Waals surface area (Å²) in [5.41, 5.74) is 5.78. The number of nitrogens with zero attached hydrogens (tertiary/aromatic N) is 2. The van der Waals surface area contributed by atoms with Crippen LogP contribution in [-0.2, 0) is 4.79 Å². The quantitative estimate of drug-likeness (QED) is 0.639. The molecule has 0 radical (unpaired) electrons. The van der Waals surface area contributed by atoms with Crippen molar-refractivity contribution in [3.63, 3.8) is 0 Å². The van der Waals surface area contributed by atoms with E-state index in [-0.39, 0.29) is 17.9 Å². The molecule has 0 spiro atoms. The molecule has 0 saturated carbocycles. The summed E-state index contributed by atoms with van der Waals surface area (Å²) in [6.45, 7) is 3.82. The topological polar surface area (TPSA) is 49.6 Å². The maximum atomic E-state index is 12.2. The number of carbonyl (C=O) groups excluding carboxylic acids is 1. The van der Waals surface area contributed by atoms with Crippen molar-refractivity contribution in [2.24, 2.45) is 11.7 Å². The largest absolute Gasteiger partial charge is 0.341 e. The normalized spacial score (nSPS) is 31.8. The van der Waals surface area contributed by atoms with E-state index in [0.29, 0.717) is 0 Å². The van der Waals surface area contributed by atoms with Gasteiger partial charge in [-0.1, -0.05) is 12.2 Å². The zero-order chi connectivity index (χ0) is 11.5. The Labute approximate surface area is 97.1 Å². The maximum Gasteiger partial charge on any atom is 0.229 e.